The molecule has 1 aromatic carbocycles. The van der Waals surface area contributed by atoms with Crippen LogP contribution in [-0.2, 0) is 19.9 Å². The highest BCUT2D eigenvalue weighted by atomic mass is 19.1. The number of nitrogens with one attached hydrogen (secondary N) is 2. The van der Waals surface area contributed by atoms with E-state index in [1.807, 2.05) is 13.8 Å². The van der Waals surface area contributed by atoms with Gasteiger partial charge in [0, 0.05) is 23.3 Å². The minimum Gasteiger partial charge on any atom is -0.324 e. The number of hydrogen-bond donors (Lipinski definition) is 2. The third kappa shape index (κ3) is 1.84. The SMILES string of the molecule is CC[C@@H](C)N1C(=O)[C@H]2[C@@H](C1=O)[C@]1(N[C@@H]2C)C(=O)Nc2ccc(F)cc21. The molecule has 2 saturated heterocycles. The van der Waals surface area contributed by atoms with Crippen LogP contribution in [0.25, 0.3) is 0 Å². The molecule has 0 bridgehead atoms. The summed E-state index contributed by atoms with van der Waals surface area (Å²) in [4.78, 5) is 40.2. The second-order valence-corrected chi connectivity index (χ2v) is 7.19. The highest BCUT2D eigenvalue weighted by molar-refractivity contribution is 6.15. The molecular formula is C18H20FN3O3. The molecule has 4 rings (SSSR count). The first kappa shape index (κ1) is 16.2. The van der Waals surface area contributed by atoms with Crippen LogP contribution in [0.4, 0.5) is 10.1 Å². The zero-order valence-corrected chi connectivity index (χ0v) is 14.3. The Morgan fingerprint density at radius 3 is 2.68 bits per heavy atom. The van der Waals surface area contributed by atoms with Gasteiger partial charge in [0.1, 0.15) is 11.4 Å². The normalized spacial score (nSPS) is 34.5. The molecule has 1 spiro atoms. The van der Waals surface area contributed by atoms with E-state index in [0.717, 1.165) is 0 Å². The van der Waals surface area contributed by atoms with Crippen LogP contribution in [0.2, 0.25) is 0 Å². The summed E-state index contributed by atoms with van der Waals surface area (Å²) >= 11 is 0. The molecule has 0 radical (unpaired) electrons. The van der Waals surface area contributed by atoms with Crippen molar-refractivity contribution in [3.63, 3.8) is 0 Å². The topological polar surface area (TPSA) is 78.5 Å². The van der Waals surface area contributed by atoms with E-state index in [1.54, 1.807) is 6.92 Å². The van der Waals surface area contributed by atoms with Crippen molar-refractivity contribution in [2.45, 2.75) is 44.8 Å². The second-order valence-electron chi connectivity index (χ2n) is 7.19. The van der Waals surface area contributed by atoms with Crippen LogP contribution in [0, 0.1) is 17.7 Å². The average Bonchev–Trinajstić information content (AvgIpc) is 3.12. The van der Waals surface area contributed by atoms with Gasteiger partial charge in [0.15, 0.2) is 0 Å². The fourth-order valence-electron chi connectivity index (χ4n) is 4.58. The smallest absolute Gasteiger partial charge is 0.250 e. The van der Waals surface area contributed by atoms with E-state index < -0.39 is 29.1 Å². The number of carbonyl (C=O) groups is 3. The first-order chi connectivity index (χ1) is 11.8. The van der Waals surface area contributed by atoms with Gasteiger partial charge in [0.25, 0.3) is 0 Å². The molecule has 2 fully saturated rings. The lowest BCUT2D eigenvalue weighted by Gasteiger charge is -2.30. The predicted octanol–water partition coefficient (Wildman–Crippen LogP) is 1.36. The van der Waals surface area contributed by atoms with E-state index in [-0.39, 0.29) is 23.9 Å². The number of anilines is 1. The lowest BCUT2D eigenvalue weighted by Crippen LogP contribution is -2.53. The number of amides is 3. The van der Waals surface area contributed by atoms with E-state index in [4.69, 9.17) is 0 Å². The number of imide groups is 1. The van der Waals surface area contributed by atoms with Crippen molar-refractivity contribution in [3.05, 3.63) is 29.6 Å². The number of benzene rings is 1. The Morgan fingerprint density at radius 2 is 2.00 bits per heavy atom. The monoisotopic (exact) mass is 345 g/mol. The van der Waals surface area contributed by atoms with Crippen LogP contribution in [0.3, 0.4) is 0 Å². The van der Waals surface area contributed by atoms with Crippen molar-refractivity contribution in [2.75, 3.05) is 5.32 Å². The fraction of sp³-hybridized carbons (Fsp3) is 0.500. The molecule has 3 aliphatic rings. The van der Waals surface area contributed by atoms with Gasteiger partial charge in [-0.3, -0.25) is 24.6 Å². The lowest BCUT2D eigenvalue weighted by atomic mass is 9.76. The first-order valence-corrected chi connectivity index (χ1v) is 8.59. The van der Waals surface area contributed by atoms with Gasteiger partial charge < -0.3 is 5.32 Å². The predicted molar refractivity (Wildman–Crippen MR) is 87.9 cm³/mol. The summed E-state index contributed by atoms with van der Waals surface area (Å²) in [5.74, 6) is -2.97. The van der Waals surface area contributed by atoms with E-state index in [1.165, 1.54) is 23.1 Å². The number of hydrogen-bond acceptors (Lipinski definition) is 4. The summed E-state index contributed by atoms with van der Waals surface area (Å²) in [6.07, 6.45) is 0.642. The molecule has 6 nitrogen and oxygen atoms in total. The van der Waals surface area contributed by atoms with Gasteiger partial charge >= 0.3 is 0 Å². The minimum atomic E-state index is -1.39. The Kier molecular flexibility index (Phi) is 3.31. The van der Waals surface area contributed by atoms with E-state index in [2.05, 4.69) is 10.6 Å². The third-order valence-corrected chi connectivity index (χ3v) is 5.89. The summed E-state index contributed by atoms with van der Waals surface area (Å²) in [5.41, 5.74) is -0.505. The van der Waals surface area contributed by atoms with Crippen LogP contribution < -0.4 is 10.6 Å². The zero-order valence-electron chi connectivity index (χ0n) is 14.3. The maximum atomic E-state index is 13.9. The molecule has 2 N–H and O–H groups in total. The molecular weight excluding hydrogens is 325 g/mol. The van der Waals surface area contributed by atoms with Gasteiger partial charge in [-0.05, 0) is 38.5 Å². The van der Waals surface area contributed by atoms with Crippen molar-refractivity contribution in [1.29, 1.82) is 0 Å². The molecule has 7 heteroatoms. The Hall–Kier alpha value is -2.28. The number of nitrogens with zero attached hydrogens (tertiary/aromatic N) is 1. The maximum Gasteiger partial charge on any atom is 0.250 e. The molecule has 0 saturated carbocycles. The molecule has 3 heterocycles. The molecule has 1 aromatic rings. The molecule has 3 amide bonds. The van der Waals surface area contributed by atoms with Gasteiger partial charge in [-0.25, -0.2) is 4.39 Å². The first-order valence-electron chi connectivity index (χ1n) is 8.59. The second kappa shape index (κ2) is 5.11. The Balaban J connectivity index is 1.89. The summed E-state index contributed by atoms with van der Waals surface area (Å²) < 4.78 is 13.9. The molecule has 25 heavy (non-hydrogen) atoms. The maximum absolute atomic E-state index is 13.9. The standard InChI is InChI=1S/C18H20FN3O3/c1-4-8(2)22-15(23)13-9(3)21-18(14(13)16(22)24)11-7-10(19)5-6-12(11)20-17(18)25/h5-9,13-14,21H,4H2,1-3H3,(H,20,25)/t8-,9-,13-,14+,18+/m1/s1. The van der Waals surface area contributed by atoms with E-state index in [9.17, 15) is 18.8 Å². The number of halogens is 1. The summed E-state index contributed by atoms with van der Waals surface area (Å²) in [7, 11) is 0. The summed E-state index contributed by atoms with van der Waals surface area (Å²) in [6, 6.07) is 3.44. The van der Waals surface area contributed by atoms with Gasteiger partial charge in [-0.15, -0.1) is 0 Å². The van der Waals surface area contributed by atoms with E-state index in [0.29, 0.717) is 17.7 Å². The van der Waals surface area contributed by atoms with Crippen LogP contribution in [-0.4, -0.2) is 34.7 Å². The van der Waals surface area contributed by atoms with Crippen molar-refractivity contribution in [1.82, 2.24) is 10.2 Å². The van der Waals surface area contributed by atoms with Crippen molar-refractivity contribution in [2.24, 2.45) is 11.8 Å². The molecule has 0 aliphatic carbocycles. The van der Waals surface area contributed by atoms with Crippen LogP contribution in [0.5, 0.6) is 0 Å². The molecule has 0 unspecified atom stereocenters. The van der Waals surface area contributed by atoms with Crippen molar-refractivity contribution < 1.29 is 18.8 Å². The lowest BCUT2D eigenvalue weighted by molar-refractivity contribution is -0.145. The number of rotatable bonds is 2. The Morgan fingerprint density at radius 1 is 1.28 bits per heavy atom. The van der Waals surface area contributed by atoms with Gasteiger partial charge in [0.2, 0.25) is 17.7 Å². The number of carbonyl (C=O) groups excluding carboxylic acids is 3. The largest absolute Gasteiger partial charge is 0.324 e. The van der Waals surface area contributed by atoms with Crippen LogP contribution in [0.1, 0.15) is 32.8 Å². The number of fused-ring (bicyclic) bond motifs is 4. The Labute approximate surface area is 144 Å². The van der Waals surface area contributed by atoms with Crippen LogP contribution in [0.15, 0.2) is 18.2 Å². The highest BCUT2D eigenvalue weighted by Crippen LogP contribution is 2.53. The molecule has 0 aromatic heterocycles. The minimum absolute atomic E-state index is 0.230. The third-order valence-electron chi connectivity index (χ3n) is 5.89. The fourth-order valence-corrected chi connectivity index (χ4v) is 4.58. The summed E-state index contributed by atoms with van der Waals surface area (Å²) in [5, 5.41) is 5.89. The molecule has 3 aliphatic heterocycles. The Bertz CT molecular complexity index is 811. The number of likely N-dealkylation sites (tertiary alicyclic amines) is 1. The van der Waals surface area contributed by atoms with Gasteiger partial charge in [0.05, 0.1) is 11.8 Å². The quantitative estimate of drug-likeness (QED) is 0.794. The van der Waals surface area contributed by atoms with Gasteiger partial charge in [-0.2, -0.15) is 0 Å². The van der Waals surface area contributed by atoms with Crippen molar-refractivity contribution in [3.8, 4) is 0 Å². The molecule has 5 atom stereocenters. The van der Waals surface area contributed by atoms with Gasteiger partial charge in [-0.1, -0.05) is 6.92 Å². The highest BCUT2D eigenvalue weighted by Gasteiger charge is 2.70. The van der Waals surface area contributed by atoms with Crippen molar-refractivity contribution >= 4 is 23.4 Å². The molecule has 132 valence electrons. The zero-order chi connectivity index (χ0) is 18.1. The summed E-state index contributed by atoms with van der Waals surface area (Å²) in [6.45, 7) is 5.52. The van der Waals surface area contributed by atoms with Crippen LogP contribution >= 0.6 is 0 Å². The van der Waals surface area contributed by atoms with E-state index >= 15 is 0 Å². The average molecular weight is 345 g/mol.